The van der Waals surface area contributed by atoms with Gasteiger partial charge in [0.25, 0.3) is 6.23 Å². The van der Waals surface area contributed by atoms with Gasteiger partial charge in [-0.25, -0.2) is 9.67 Å². The monoisotopic (exact) mass is 293 g/mol. The molecule has 6 heteroatoms. The molecule has 1 atom stereocenters. The summed E-state index contributed by atoms with van der Waals surface area (Å²) >= 11 is 6.07. The second-order valence-corrected chi connectivity index (χ2v) is 5.80. The summed E-state index contributed by atoms with van der Waals surface area (Å²) in [6, 6.07) is 7.01. The highest BCUT2D eigenvalue weighted by Gasteiger charge is 2.33. The smallest absolute Gasteiger partial charge is 0.252 e. The fourth-order valence-electron chi connectivity index (χ4n) is 1.60. The van der Waals surface area contributed by atoms with Gasteiger partial charge in [0, 0.05) is 5.41 Å². The van der Waals surface area contributed by atoms with Crippen LogP contribution >= 0.6 is 11.6 Å². The second-order valence-electron chi connectivity index (χ2n) is 5.39. The van der Waals surface area contributed by atoms with Crippen molar-refractivity contribution in [2.75, 3.05) is 0 Å². The molecule has 0 amide bonds. The maximum Gasteiger partial charge on any atom is 0.252 e. The number of Topliss-reactive ketones (excluding diaryl/α,β-unsaturated/α-hetero) is 1. The quantitative estimate of drug-likeness (QED) is 0.869. The maximum atomic E-state index is 12.5. The van der Waals surface area contributed by atoms with E-state index in [2.05, 4.69) is 10.1 Å². The van der Waals surface area contributed by atoms with Gasteiger partial charge in [0.2, 0.25) is 5.78 Å². The second kappa shape index (κ2) is 5.63. The summed E-state index contributed by atoms with van der Waals surface area (Å²) in [5.41, 5.74) is -0.572. The van der Waals surface area contributed by atoms with E-state index < -0.39 is 11.6 Å². The first-order valence-electron chi connectivity index (χ1n) is 6.19. The van der Waals surface area contributed by atoms with Crippen LogP contribution in [0.4, 0.5) is 0 Å². The summed E-state index contributed by atoms with van der Waals surface area (Å²) < 4.78 is 7.14. The van der Waals surface area contributed by atoms with Gasteiger partial charge < -0.3 is 4.74 Å². The zero-order valence-electron chi connectivity index (χ0n) is 11.6. The molecule has 2 aromatic rings. The highest BCUT2D eigenvalue weighted by Crippen LogP contribution is 2.30. The Hall–Kier alpha value is -1.88. The number of hydrogen-bond acceptors (Lipinski definition) is 4. The minimum Gasteiger partial charge on any atom is -0.460 e. The first-order valence-corrected chi connectivity index (χ1v) is 6.57. The number of benzene rings is 1. The molecule has 5 nitrogen and oxygen atoms in total. The molecule has 1 aromatic heterocycles. The topological polar surface area (TPSA) is 57.0 Å². The summed E-state index contributed by atoms with van der Waals surface area (Å²) in [5, 5.41) is 4.44. The fraction of sp³-hybridized carbons (Fsp3) is 0.357. The van der Waals surface area contributed by atoms with Crippen LogP contribution in [-0.2, 0) is 4.79 Å². The minimum atomic E-state index is -0.891. The molecule has 0 aliphatic rings. The van der Waals surface area contributed by atoms with Crippen LogP contribution in [0.1, 0.15) is 27.0 Å². The third-order valence-corrected chi connectivity index (χ3v) is 3.03. The molecule has 0 spiro atoms. The predicted molar refractivity (Wildman–Crippen MR) is 75.6 cm³/mol. The van der Waals surface area contributed by atoms with Gasteiger partial charge in [-0.05, 0) is 12.1 Å². The van der Waals surface area contributed by atoms with E-state index in [1.165, 1.54) is 17.3 Å². The maximum absolute atomic E-state index is 12.5. The molecule has 1 heterocycles. The van der Waals surface area contributed by atoms with E-state index in [0.29, 0.717) is 10.8 Å². The summed E-state index contributed by atoms with van der Waals surface area (Å²) in [6.45, 7) is 5.49. The van der Waals surface area contributed by atoms with Gasteiger partial charge in [0.15, 0.2) is 0 Å². The summed E-state index contributed by atoms with van der Waals surface area (Å²) in [4.78, 5) is 16.4. The minimum absolute atomic E-state index is 0.108. The lowest BCUT2D eigenvalue weighted by Crippen LogP contribution is -2.34. The number of halogens is 1. The number of aromatic nitrogens is 3. The Kier molecular flexibility index (Phi) is 4.09. The van der Waals surface area contributed by atoms with Crippen molar-refractivity contribution >= 4 is 17.4 Å². The van der Waals surface area contributed by atoms with E-state index in [4.69, 9.17) is 16.3 Å². The van der Waals surface area contributed by atoms with Gasteiger partial charge >= 0.3 is 0 Å². The van der Waals surface area contributed by atoms with Crippen molar-refractivity contribution in [3.05, 3.63) is 41.9 Å². The molecule has 106 valence electrons. The van der Waals surface area contributed by atoms with Gasteiger partial charge in [-0.2, -0.15) is 5.10 Å². The number of ether oxygens (including phenoxy) is 1. The van der Waals surface area contributed by atoms with Crippen molar-refractivity contribution in [3.63, 3.8) is 0 Å². The number of nitrogens with zero attached hydrogens (tertiary/aromatic N) is 3. The lowest BCUT2D eigenvalue weighted by atomic mass is 9.90. The van der Waals surface area contributed by atoms with Gasteiger partial charge in [-0.3, -0.25) is 4.79 Å². The molecule has 20 heavy (non-hydrogen) atoms. The van der Waals surface area contributed by atoms with Crippen LogP contribution in [0.15, 0.2) is 36.9 Å². The van der Waals surface area contributed by atoms with Gasteiger partial charge in [0.1, 0.15) is 18.4 Å². The third-order valence-electron chi connectivity index (χ3n) is 2.72. The Morgan fingerprint density at radius 1 is 1.35 bits per heavy atom. The highest BCUT2D eigenvalue weighted by atomic mass is 35.5. The number of carbonyl (C=O) groups is 1. The Morgan fingerprint density at radius 2 is 2.05 bits per heavy atom. The predicted octanol–water partition coefficient (Wildman–Crippen LogP) is 3.12. The van der Waals surface area contributed by atoms with E-state index in [1.54, 1.807) is 24.3 Å². The Bertz CT molecular complexity index is 591. The normalized spacial score (nSPS) is 13.0. The molecular formula is C14H16ClN3O2. The van der Waals surface area contributed by atoms with Gasteiger partial charge in [-0.15, -0.1) is 0 Å². The van der Waals surface area contributed by atoms with Crippen molar-refractivity contribution < 1.29 is 9.53 Å². The average molecular weight is 294 g/mol. The molecule has 2 rings (SSSR count). The van der Waals surface area contributed by atoms with Crippen molar-refractivity contribution in [2.24, 2.45) is 5.41 Å². The Morgan fingerprint density at radius 3 is 2.60 bits per heavy atom. The summed E-state index contributed by atoms with van der Waals surface area (Å²) in [7, 11) is 0. The number of ketones is 1. The number of hydrogen-bond donors (Lipinski definition) is 0. The van der Waals surface area contributed by atoms with E-state index in [0.717, 1.165) is 0 Å². The van der Waals surface area contributed by atoms with Crippen LogP contribution in [0, 0.1) is 5.41 Å². The van der Waals surface area contributed by atoms with E-state index in [-0.39, 0.29) is 5.78 Å². The highest BCUT2D eigenvalue weighted by molar-refractivity contribution is 6.32. The standard InChI is InChI=1S/C14H16ClN3O2/c1-14(2,3)12(19)13(18-9-16-8-17-18)20-11-7-5-4-6-10(11)15/h4-9,13H,1-3H3. The van der Waals surface area contributed by atoms with E-state index in [1.807, 2.05) is 20.8 Å². The molecule has 0 radical (unpaired) electrons. The third kappa shape index (κ3) is 3.17. The number of carbonyl (C=O) groups excluding carboxylic acids is 1. The van der Waals surface area contributed by atoms with Crippen molar-refractivity contribution in [2.45, 2.75) is 27.0 Å². The molecule has 1 aromatic carbocycles. The van der Waals surface area contributed by atoms with Gasteiger partial charge in [0.05, 0.1) is 5.02 Å². The van der Waals surface area contributed by atoms with Crippen molar-refractivity contribution in [3.8, 4) is 5.75 Å². The van der Waals surface area contributed by atoms with Crippen LogP contribution in [0.25, 0.3) is 0 Å². The van der Waals surface area contributed by atoms with Crippen molar-refractivity contribution in [1.82, 2.24) is 14.8 Å². The lowest BCUT2D eigenvalue weighted by molar-refractivity contribution is -0.138. The molecule has 0 saturated heterocycles. The van der Waals surface area contributed by atoms with Crippen LogP contribution in [0.3, 0.4) is 0 Å². The zero-order chi connectivity index (χ0) is 14.8. The number of rotatable bonds is 4. The molecule has 0 bridgehead atoms. The Labute approximate surface area is 122 Å². The SMILES string of the molecule is CC(C)(C)C(=O)C(Oc1ccccc1Cl)n1cncn1. The number of para-hydroxylation sites is 1. The fourth-order valence-corrected chi connectivity index (χ4v) is 1.78. The molecule has 0 fully saturated rings. The van der Waals surface area contributed by atoms with Crippen LogP contribution in [0.2, 0.25) is 5.02 Å². The first kappa shape index (κ1) is 14.5. The molecule has 1 unspecified atom stereocenters. The van der Waals surface area contributed by atoms with Gasteiger partial charge in [-0.1, -0.05) is 44.5 Å². The van der Waals surface area contributed by atoms with E-state index >= 15 is 0 Å². The molecule has 0 aliphatic carbocycles. The first-order chi connectivity index (χ1) is 9.39. The summed E-state index contributed by atoms with van der Waals surface area (Å²) in [5.74, 6) is 0.329. The average Bonchev–Trinajstić information content (AvgIpc) is 2.89. The lowest BCUT2D eigenvalue weighted by Gasteiger charge is -2.25. The molecule has 0 N–H and O–H groups in total. The van der Waals surface area contributed by atoms with E-state index in [9.17, 15) is 4.79 Å². The zero-order valence-corrected chi connectivity index (χ0v) is 12.3. The summed E-state index contributed by atoms with van der Waals surface area (Å²) in [6.07, 6.45) is 1.92. The van der Waals surface area contributed by atoms with Crippen molar-refractivity contribution in [1.29, 1.82) is 0 Å². The van der Waals surface area contributed by atoms with Crippen LogP contribution < -0.4 is 4.74 Å². The van der Waals surface area contributed by atoms with Crippen LogP contribution in [-0.4, -0.2) is 20.5 Å². The van der Waals surface area contributed by atoms with Crippen LogP contribution in [0.5, 0.6) is 5.75 Å². The molecular weight excluding hydrogens is 278 g/mol. The Balaban J connectivity index is 2.34. The molecule has 0 aliphatic heterocycles. The molecule has 0 saturated carbocycles. The largest absolute Gasteiger partial charge is 0.460 e.